The second-order valence-electron chi connectivity index (χ2n) is 6.17. The third kappa shape index (κ3) is 22.7. The van der Waals surface area contributed by atoms with E-state index in [9.17, 15) is 16.8 Å². The molecule has 2 N–H and O–H groups in total. The predicted octanol–water partition coefficient (Wildman–Crippen LogP) is 2.42. The third-order valence-corrected chi connectivity index (χ3v) is 5.23. The molecule has 0 atom stereocenters. The summed E-state index contributed by atoms with van der Waals surface area (Å²) in [5.41, 5.74) is 0. The Kier molecular flexibility index (Phi) is 17.7. The van der Waals surface area contributed by atoms with Gasteiger partial charge in [0, 0.05) is 6.61 Å². The summed E-state index contributed by atoms with van der Waals surface area (Å²) in [6, 6.07) is 0. The fourth-order valence-corrected chi connectivity index (χ4v) is 3.97. The zero-order valence-electron chi connectivity index (χ0n) is 14.5. The van der Waals surface area contributed by atoms with Gasteiger partial charge in [0.15, 0.2) is 0 Å². The summed E-state index contributed by atoms with van der Waals surface area (Å²) in [5, 5.41) is 0. The van der Waals surface area contributed by atoms with Crippen LogP contribution in [-0.2, 0) is 25.0 Å². The zero-order chi connectivity index (χ0) is 18.5. The van der Waals surface area contributed by atoms with E-state index in [0.29, 0.717) is 6.42 Å². The van der Waals surface area contributed by atoms with E-state index >= 15 is 0 Å². The first-order valence-electron chi connectivity index (χ1n) is 8.66. The minimum absolute atomic E-state index is 0. The summed E-state index contributed by atoms with van der Waals surface area (Å²) >= 11 is 0. The number of ether oxygens (including phenoxy) is 1. The summed E-state index contributed by atoms with van der Waals surface area (Å²) in [7, 11) is -8.72. The molecular formula is C15H33NaO7S2. The fraction of sp³-hybridized carbons (Fsp3) is 1.00. The molecule has 0 unspecified atom stereocenters. The van der Waals surface area contributed by atoms with Crippen molar-refractivity contribution in [3.8, 4) is 0 Å². The Morgan fingerprint density at radius 2 is 1.08 bits per heavy atom. The zero-order valence-corrected chi connectivity index (χ0v) is 16.2. The SMILES string of the molecule is CCCCCCCCCCCCOC(CS(=O)(=O)O)CS(=O)(=O)O.[NaH]. The van der Waals surface area contributed by atoms with Crippen LogP contribution in [0.25, 0.3) is 0 Å². The van der Waals surface area contributed by atoms with Crippen LogP contribution < -0.4 is 0 Å². The fourth-order valence-electron chi connectivity index (χ4n) is 2.45. The molecule has 0 aromatic carbocycles. The van der Waals surface area contributed by atoms with Crippen LogP contribution in [0.1, 0.15) is 71.1 Å². The van der Waals surface area contributed by atoms with Crippen molar-refractivity contribution in [1.29, 1.82) is 0 Å². The first kappa shape index (κ1) is 28.0. The van der Waals surface area contributed by atoms with Crippen molar-refractivity contribution in [3.63, 3.8) is 0 Å². The summed E-state index contributed by atoms with van der Waals surface area (Å²) in [5.74, 6) is -1.69. The number of rotatable bonds is 16. The van der Waals surface area contributed by atoms with Crippen molar-refractivity contribution in [2.24, 2.45) is 0 Å². The third-order valence-electron chi connectivity index (χ3n) is 3.64. The Hall–Kier alpha value is 0.780. The molecule has 0 fully saturated rings. The molecule has 0 aliphatic heterocycles. The van der Waals surface area contributed by atoms with Crippen molar-refractivity contribution in [2.45, 2.75) is 77.2 Å². The van der Waals surface area contributed by atoms with Gasteiger partial charge in [-0.1, -0.05) is 64.7 Å². The van der Waals surface area contributed by atoms with Gasteiger partial charge in [-0.05, 0) is 6.42 Å². The molecule has 0 amide bonds. The molecule has 0 aromatic heterocycles. The molecule has 0 aromatic rings. The Morgan fingerprint density at radius 3 is 1.44 bits per heavy atom. The Morgan fingerprint density at radius 1 is 0.720 bits per heavy atom. The summed E-state index contributed by atoms with van der Waals surface area (Å²) < 4.78 is 66.1. The van der Waals surface area contributed by atoms with Crippen molar-refractivity contribution in [2.75, 3.05) is 18.1 Å². The molecule has 0 heterocycles. The van der Waals surface area contributed by atoms with Crippen LogP contribution in [0.2, 0.25) is 0 Å². The van der Waals surface area contributed by atoms with E-state index in [1.807, 2.05) is 0 Å². The molecule has 0 saturated carbocycles. The topological polar surface area (TPSA) is 118 Å². The van der Waals surface area contributed by atoms with E-state index in [4.69, 9.17) is 13.8 Å². The summed E-state index contributed by atoms with van der Waals surface area (Å²) in [4.78, 5) is 0. The quantitative estimate of drug-likeness (QED) is 0.227. The van der Waals surface area contributed by atoms with Crippen LogP contribution in [0.5, 0.6) is 0 Å². The normalized spacial score (nSPS) is 12.3. The Balaban J connectivity index is 0. The van der Waals surface area contributed by atoms with Crippen LogP contribution in [-0.4, -0.2) is 79.7 Å². The van der Waals surface area contributed by atoms with E-state index in [1.165, 1.54) is 38.5 Å². The van der Waals surface area contributed by atoms with E-state index < -0.39 is 37.8 Å². The van der Waals surface area contributed by atoms with E-state index in [1.54, 1.807) is 0 Å². The number of unbranched alkanes of at least 4 members (excludes halogenated alkanes) is 9. The summed E-state index contributed by atoms with van der Waals surface area (Å²) in [6.07, 6.45) is 10.1. The molecule has 0 aliphatic rings. The molecule has 148 valence electrons. The van der Waals surface area contributed by atoms with Crippen molar-refractivity contribution in [1.82, 2.24) is 0 Å². The first-order chi connectivity index (χ1) is 11.1. The van der Waals surface area contributed by atoms with Gasteiger partial charge in [-0.25, -0.2) is 0 Å². The Bertz CT molecular complexity index is 472. The van der Waals surface area contributed by atoms with Crippen LogP contribution in [0, 0.1) is 0 Å². The van der Waals surface area contributed by atoms with Crippen molar-refractivity contribution in [3.05, 3.63) is 0 Å². The van der Waals surface area contributed by atoms with Gasteiger partial charge in [0.2, 0.25) is 0 Å². The monoisotopic (exact) mass is 412 g/mol. The Labute approximate surface area is 175 Å². The first-order valence-corrected chi connectivity index (χ1v) is 11.9. The molecule has 0 aliphatic carbocycles. The van der Waals surface area contributed by atoms with Gasteiger partial charge < -0.3 is 4.74 Å². The van der Waals surface area contributed by atoms with Gasteiger partial charge in [0.1, 0.15) is 11.5 Å². The molecular weight excluding hydrogens is 379 g/mol. The van der Waals surface area contributed by atoms with Gasteiger partial charge in [0.25, 0.3) is 20.2 Å². The van der Waals surface area contributed by atoms with Crippen LogP contribution in [0.3, 0.4) is 0 Å². The second-order valence-corrected chi connectivity index (χ2v) is 9.17. The van der Waals surface area contributed by atoms with Crippen molar-refractivity contribution >= 4 is 49.8 Å². The van der Waals surface area contributed by atoms with Crippen LogP contribution >= 0.6 is 0 Å². The predicted molar refractivity (Wildman–Crippen MR) is 102 cm³/mol. The maximum absolute atomic E-state index is 10.8. The molecule has 0 rings (SSSR count). The molecule has 7 nitrogen and oxygen atoms in total. The molecule has 0 saturated heterocycles. The average molecular weight is 413 g/mol. The van der Waals surface area contributed by atoms with E-state index in [-0.39, 0.29) is 36.2 Å². The summed E-state index contributed by atoms with van der Waals surface area (Å²) in [6.45, 7) is 2.39. The second kappa shape index (κ2) is 15.8. The molecule has 25 heavy (non-hydrogen) atoms. The molecule has 0 radical (unpaired) electrons. The molecule has 0 bridgehead atoms. The number of hydrogen-bond donors (Lipinski definition) is 2. The number of hydrogen-bond acceptors (Lipinski definition) is 5. The van der Waals surface area contributed by atoms with Gasteiger partial charge in [-0.2, -0.15) is 16.8 Å². The van der Waals surface area contributed by atoms with Gasteiger partial charge in [0.05, 0.1) is 6.10 Å². The van der Waals surface area contributed by atoms with E-state index in [0.717, 1.165) is 19.3 Å². The molecule has 0 spiro atoms. The van der Waals surface area contributed by atoms with Gasteiger partial charge in [-0.15, -0.1) is 0 Å². The average Bonchev–Trinajstić information content (AvgIpc) is 2.41. The minimum atomic E-state index is -4.36. The van der Waals surface area contributed by atoms with Crippen LogP contribution in [0.15, 0.2) is 0 Å². The van der Waals surface area contributed by atoms with Gasteiger partial charge in [-0.3, -0.25) is 9.11 Å². The molecule has 10 heteroatoms. The van der Waals surface area contributed by atoms with Crippen LogP contribution in [0.4, 0.5) is 0 Å². The van der Waals surface area contributed by atoms with Gasteiger partial charge >= 0.3 is 29.6 Å². The maximum atomic E-state index is 10.8. The van der Waals surface area contributed by atoms with Crippen molar-refractivity contribution < 1.29 is 30.7 Å². The van der Waals surface area contributed by atoms with E-state index in [2.05, 4.69) is 6.92 Å². The standard InChI is InChI=1S/C15H32O7S2.Na.H/c1-2-3-4-5-6-7-8-9-10-11-12-22-15(13-23(16,17)18)14-24(19,20)21;;/h15H,2-14H2,1H3,(H,16,17,18)(H,19,20,21);;.